The van der Waals surface area contributed by atoms with E-state index < -0.39 is 11.9 Å². The Labute approximate surface area is 161 Å². The largest absolute Gasteiger partial charge is 0.496 e. The predicted molar refractivity (Wildman–Crippen MR) is 99.6 cm³/mol. The van der Waals surface area contributed by atoms with Crippen LogP contribution in [-0.4, -0.2) is 35.7 Å². The summed E-state index contributed by atoms with van der Waals surface area (Å²) < 4.78 is 15.3. The van der Waals surface area contributed by atoms with Crippen molar-refractivity contribution < 1.29 is 23.6 Å². The molecular weight excluding hydrogens is 362 g/mol. The number of aryl methyl sites for hydroxylation is 1. The Balaban J connectivity index is 1.49. The first-order valence-electron chi connectivity index (χ1n) is 8.53. The Bertz CT molecular complexity index is 966. The van der Waals surface area contributed by atoms with E-state index in [1.165, 1.54) is 7.11 Å². The molecule has 0 saturated carbocycles. The summed E-state index contributed by atoms with van der Waals surface area (Å²) in [5.41, 5.74) is 2.25. The van der Waals surface area contributed by atoms with Crippen molar-refractivity contribution in [3.8, 4) is 17.1 Å². The summed E-state index contributed by atoms with van der Waals surface area (Å²) in [7, 11) is 1.47. The van der Waals surface area contributed by atoms with E-state index in [0.717, 1.165) is 11.1 Å². The van der Waals surface area contributed by atoms with Crippen LogP contribution in [0.25, 0.3) is 11.4 Å². The molecule has 28 heavy (non-hydrogen) atoms. The van der Waals surface area contributed by atoms with Gasteiger partial charge < -0.3 is 19.3 Å². The Morgan fingerprint density at radius 3 is 2.61 bits per heavy atom. The molecule has 0 bridgehead atoms. The highest BCUT2D eigenvalue weighted by molar-refractivity contribution is 5.98. The summed E-state index contributed by atoms with van der Waals surface area (Å²) in [5, 5.41) is 6.35. The number of aromatic nitrogens is 2. The predicted octanol–water partition coefficient (Wildman–Crippen LogP) is 2.53. The van der Waals surface area contributed by atoms with Gasteiger partial charge in [-0.2, -0.15) is 4.98 Å². The zero-order valence-electron chi connectivity index (χ0n) is 15.5. The van der Waals surface area contributed by atoms with E-state index >= 15 is 0 Å². The normalized spacial score (nSPS) is 10.4. The van der Waals surface area contributed by atoms with Gasteiger partial charge in [0.25, 0.3) is 11.8 Å². The quantitative estimate of drug-likeness (QED) is 0.627. The van der Waals surface area contributed by atoms with Gasteiger partial charge in [0.2, 0.25) is 5.82 Å². The Morgan fingerprint density at radius 1 is 1.11 bits per heavy atom. The van der Waals surface area contributed by atoms with Crippen LogP contribution < -0.4 is 10.1 Å². The van der Waals surface area contributed by atoms with Crippen molar-refractivity contribution in [1.29, 1.82) is 0 Å². The molecule has 0 aliphatic rings. The van der Waals surface area contributed by atoms with E-state index in [-0.39, 0.29) is 19.0 Å². The number of methoxy groups -OCH3 is 1. The summed E-state index contributed by atoms with van der Waals surface area (Å²) >= 11 is 0. The first kappa shape index (κ1) is 19.1. The van der Waals surface area contributed by atoms with Crippen molar-refractivity contribution in [2.75, 3.05) is 13.7 Å². The zero-order chi connectivity index (χ0) is 19.9. The molecule has 0 fully saturated rings. The zero-order valence-corrected chi connectivity index (χ0v) is 15.5. The molecule has 3 aromatic rings. The summed E-state index contributed by atoms with van der Waals surface area (Å²) in [4.78, 5) is 28.2. The second-order valence-corrected chi connectivity index (χ2v) is 5.92. The Morgan fingerprint density at radius 2 is 1.86 bits per heavy atom. The van der Waals surface area contributed by atoms with Crippen LogP contribution in [0.4, 0.5) is 0 Å². The van der Waals surface area contributed by atoms with E-state index in [1.54, 1.807) is 24.3 Å². The molecule has 144 valence electrons. The van der Waals surface area contributed by atoms with E-state index in [2.05, 4.69) is 15.5 Å². The van der Waals surface area contributed by atoms with Crippen molar-refractivity contribution in [1.82, 2.24) is 15.5 Å². The average molecular weight is 381 g/mol. The number of nitrogens with zero attached hydrogens (tertiary/aromatic N) is 2. The van der Waals surface area contributed by atoms with Crippen molar-refractivity contribution in [2.24, 2.45) is 0 Å². The third-order valence-corrected chi connectivity index (χ3v) is 3.88. The number of carbonyl (C=O) groups excluding carboxylic acids is 2. The number of esters is 1. The lowest BCUT2D eigenvalue weighted by Gasteiger charge is -2.08. The van der Waals surface area contributed by atoms with Crippen LogP contribution in [0, 0.1) is 6.92 Å². The number of nitrogens with one attached hydrogen (secondary N) is 1. The van der Waals surface area contributed by atoms with Gasteiger partial charge in [-0.15, -0.1) is 0 Å². The van der Waals surface area contributed by atoms with Crippen molar-refractivity contribution in [2.45, 2.75) is 13.5 Å². The van der Waals surface area contributed by atoms with Gasteiger partial charge in [-0.05, 0) is 19.1 Å². The topological polar surface area (TPSA) is 104 Å². The summed E-state index contributed by atoms with van der Waals surface area (Å²) in [6.45, 7) is 1.51. The lowest BCUT2D eigenvalue weighted by molar-refractivity contribution is -0.144. The van der Waals surface area contributed by atoms with Crippen molar-refractivity contribution in [3.05, 3.63) is 65.5 Å². The molecule has 0 spiro atoms. The number of benzene rings is 2. The molecule has 1 N–H and O–H groups in total. The van der Waals surface area contributed by atoms with Crippen molar-refractivity contribution >= 4 is 11.9 Å². The number of amides is 1. The van der Waals surface area contributed by atoms with Gasteiger partial charge in [-0.3, -0.25) is 9.59 Å². The SMILES string of the molecule is COc1ccccc1C(=O)NCC(=O)OCc1nc(-c2ccc(C)cc2)no1. The number of rotatable bonds is 7. The monoisotopic (exact) mass is 381 g/mol. The van der Waals surface area contributed by atoms with Crippen LogP contribution in [0.15, 0.2) is 53.1 Å². The molecule has 0 aliphatic carbocycles. The lowest BCUT2D eigenvalue weighted by atomic mass is 10.1. The van der Waals surface area contributed by atoms with E-state index in [0.29, 0.717) is 17.1 Å². The number of ether oxygens (including phenoxy) is 2. The highest BCUT2D eigenvalue weighted by Crippen LogP contribution is 2.17. The second-order valence-electron chi connectivity index (χ2n) is 5.92. The minimum absolute atomic E-state index is 0.167. The van der Waals surface area contributed by atoms with Gasteiger partial charge >= 0.3 is 5.97 Å². The van der Waals surface area contributed by atoms with Crippen LogP contribution in [0.3, 0.4) is 0 Å². The maximum Gasteiger partial charge on any atom is 0.325 e. The first-order valence-corrected chi connectivity index (χ1v) is 8.53. The fourth-order valence-electron chi connectivity index (χ4n) is 2.41. The number of hydrogen-bond donors (Lipinski definition) is 1. The highest BCUT2D eigenvalue weighted by Gasteiger charge is 2.14. The third kappa shape index (κ3) is 4.73. The van der Waals surface area contributed by atoms with Gasteiger partial charge in [-0.25, -0.2) is 0 Å². The maximum atomic E-state index is 12.1. The molecule has 3 rings (SSSR count). The van der Waals surface area contributed by atoms with Gasteiger partial charge in [0, 0.05) is 5.56 Å². The van der Waals surface area contributed by atoms with Gasteiger partial charge in [-0.1, -0.05) is 47.1 Å². The lowest BCUT2D eigenvalue weighted by Crippen LogP contribution is -2.30. The fourth-order valence-corrected chi connectivity index (χ4v) is 2.41. The third-order valence-electron chi connectivity index (χ3n) is 3.88. The van der Waals surface area contributed by atoms with Gasteiger partial charge in [0.1, 0.15) is 12.3 Å². The molecular formula is C20H19N3O5. The average Bonchev–Trinajstić information content (AvgIpc) is 3.20. The van der Waals surface area contributed by atoms with Crippen LogP contribution in [-0.2, 0) is 16.1 Å². The summed E-state index contributed by atoms with van der Waals surface area (Å²) in [6, 6.07) is 14.4. The Hall–Kier alpha value is -3.68. The molecule has 1 aromatic heterocycles. The molecule has 0 aliphatic heterocycles. The molecule has 1 heterocycles. The van der Waals surface area contributed by atoms with Crippen molar-refractivity contribution in [3.63, 3.8) is 0 Å². The number of carbonyl (C=O) groups is 2. The molecule has 0 saturated heterocycles. The molecule has 8 nitrogen and oxygen atoms in total. The van der Waals surface area contributed by atoms with Gasteiger partial charge in [0.15, 0.2) is 6.61 Å². The van der Waals surface area contributed by atoms with E-state index in [9.17, 15) is 9.59 Å². The summed E-state index contributed by atoms with van der Waals surface area (Å²) in [5.74, 6) is -0.0643. The number of para-hydroxylation sites is 1. The summed E-state index contributed by atoms with van der Waals surface area (Å²) in [6.07, 6.45) is 0. The highest BCUT2D eigenvalue weighted by atomic mass is 16.6. The van der Waals surface area contributed by atoms with E-state index in [4.69, 9.17) is 14.0 Å². The van der Waals surface area contributed by atoms with E-state index in [1.807, 2.05) is 31.2 Å². The molecule has 0 unspecified atom stereocenters. The number of hydrogen-bond acceptors (Lipinski definition) is 7. The molecule has 1 amide bonds. The minimum Gasteiger partial charge on any atom is -0.496 e. The Kier molecular flexibility index (Phi) is 6.01. The maximum absolute atomic E-state index is 12.1. The van der Waals surface area contributed by atoms with Gasteiger partial charge in [0.05, 0.1) is 12.7 Å². The minimum atomic E-state index is -0.627. The second kappa shape index (κ2) is 8.81. The molecule has 2 aromatic carbocycles. The van der Waals surface area contributed by atoms with Crippen LogP contribution in [0.2, 0.25) is 0 Å². The first-order chi connectivity index (χ1) is 13.6. The molecule has 8 heteroatoms. The standard InChI is InChI=1S/C20H19N3O5/c1-13-7-9-14(10-8-13)19-22-17(28-23-19)12-27-18(24)11-21-20(25)15-5-3-4-6-16(15)26-2/h3-10H,11-12H2,1-2H3,(H,21,25). The van der Waals surface area contributed by atoms with Crippen LogP contribution in [0.1, 0.15) is 21.8 Å². The molecule has 0 atom stereocenters. The molecule has 0 radical (unpaired) electrons. The fraction of sp³-hybridized carbons (Fsp3) is 0.200. The van der Waals surface area contributed by atoms with Crippen LogP contribution in [0.5, 0.6) is 5.75 Å². The van der Waals surface area contributed by atoms with Crippen LogP contribution >= 0.6 is 0 Å². The smallest absolute Gasteiger partial charge is 0.325 e.